The summed E-state index contributed by atoms with van der Waals surface area (Å²) in [6, 6.07) is 0.146. The SMILES string of the molecule is CCc1nnsc1C(=O)NC1CCN(CC(N)=NO)CC1. The summed E-state index contributed by atoms with van der Waals surface area (Å²) < 4.78 is 3.83. The number of amides is 1. The van der Waals surface area contributed by atoms with Crippen LogP contribution in [-0.2, 0) is 6.42 Å². The molecule has 8 nitrogen and oxygen atoms in total. The lowest BCUT2D eigenvalue weighted by atomic mass is 10.0. The van der Waals surface area contributed by atoms with Gasteiger partial charge in [-0.15, -0.1) is 5.10 Å². The van der Waals surface area contributed by atoms with Crippen LogP contribution in [0.25, 0.3) is 0 Å². The summed E-state index contributed by atoms with van der Waals surface area (Å²) in [6.07, 6.45) is 2.40. The van der Waals surface area contributed by atoms with Crippen molar-refractivity contribution >= 4 is 23.3 Å². The number of oxime groups is 1. The number of hydrogen-bond acceptors (Lipinski definition) is 7. The molecule has 21 heavy (non-hydrogen) atoms. The minimum Gasteiger partial charge on any atom is -0.409 e. The molecule has 0 aromatic carbocycles. The van der Waals surface area contributed by atoms with Crippen molar-refractivity contribution in [1.29, 1.82) is 0 Å². The van der Waals surface area contributed by atoms with Gasteiger partial charge < -0.3 is 16.3 Å². The summed E-state index contributed by atoms with van der Waals surface area (Å²) in [4.78, 5) is 14.9. The molecule has 9 heteroatoms. The van der Waals surface area contributed by atoms with Crippen molar-refractivity contribution < 1.29 is 10.0 Å². The number of amidine groups is 1. The molecule has 0 unspecified atom stereocenters. The first-order chi connectivity index (χ1) is 10.1. The van der Waals surface area contributed by atoms with Gasteiger partial charge in [0.25, 0.3) is 5.91 Å². The van der Waals surface area contributed by atoms with Gasteiger partial charge in [0, 0.05) is 19.1 Å². The highest BCUT2D eigenvalue weighted by atomic mass is 32.1. The molecule has 2 heterocycles. The molecule has 1 amide bonds. The van der Waals surface area contributed by atoms with Crippen LogP contribution in [0.3, 0.4) is 0 Å². The maximum absolute atomic E-state index is 12.2. The van der Waals surface area contributed by atoms with Crippen LogP contribution in [0.4, 0.5) is 0 Å². The molecule has 1 saturated heterocycles. The Morgan fingerprint density at radius 1 is 1.57 bits per heavy atom. The molecule has 2 rings (SSSR count). The van der Waals surface area contributed by atoms with E-state index in [2.05, 4.69) is 25.0 Å². The van der Waals surface area contributed by atoms with Crippen molar-refractivity contribution in [1.82, 2.24) is 19.8 Å². The van der Waals surface area contributed by atoms with Crippen LogP contribution in [0.5, 0.6) is 0 Å². The Hall–Kier alpha value is -1.74. The second kappa shape index (κ2) is 7.32. The number of carbonyl (C=O) groups is 1. The van der Waals surface area contributed by atoms with Gasteiger partial charge in [-0.25, -0.2) is 0 Å². The van der Waals surface area contributed by atoms with E-state index in [1.807, 2.05) is 6.92 Å². The maximum Gasteiger partial charge on any atom is 0.265 e. The van der Waals surface area contributed by atoms with E-state index in [4.69, 9.17) is 10.9 Å². The van der Waals surface area contributed by atoms with Gasteiger partial charge in [0.2, 0.25) is 0 Å². The van der Waals surface area contributed by atoms with Gasteiger partial charge in [0.15, 0.2) is 5.84 Å². The van der Waals surface area contributed by atoms with Crippen LogP contribution in [-0.4, -0.2) is 57.1 Å². The van der Waals surface area contributed by atoms with Crippen LogP contribution < -0.4 is 11.1 Å². The lowest BCUT2D eigenvalue weighted by Gasteiger charge is -2.31. The maximum atomic E-state index is 12.2. The molecule has 0 spiro atoms. The predicted molar refractivity (Wildman–Crippen MR) is 79.6 cm³/mol. The largest absolute Gasteiger partial charge is 0.409 e. The number of nitrogens with one attached hydrogen (secondary N) is 1. The Bertz CT molecular complexity index is 510. The van der Waals surface area contributed by atoms with Crippen molar-refractivity contribution in [2.45, 2.75) is 32.2 Å². The fourth-order valence-electron chi connectivity index (χ4n) is 2.36. The topological polar surface area (TPSA) is 117 Å². The van der Waals surface area contributed by atoms with Crippen LogP contribution in [0, 0.1) is 0 Å². The first-order valence-electron chi connectivity index (χ1n) is 6.94. The van der Waals surface area contributed by atoms with Crippen LogP contribution in [0.2, 0.25) is 0 Å². The molecule has 1 aromatic heterocycles. The molecule has 0 radical (unpaired) electrons. The number of aryl methyl sites for hydroxylation is 1. The fraction of sp³-hybridized carbons (Fsp3) is 0.667. The van der Waals surface area contributed by atoms with Crippen molar-refractivity contribution in [3.63, 3.8) is 0 Å². The molecule has 0 atom stereocenters. The lowest BCUT2D eigenvalue weighted by Crippen LogP contribution is -2.46. The molecule has 1 aromatic rings. The van der Waals surface area contributed by atoms with Crippen LogP contribution in [0.15, 0.2) is 5.16 Å². The van der Waals surface area contributed by atoms with E-state index in [1.165, 1.54) is 0 Å². The van der Waals surface area contributed by atoms with Gasteiger partial charge >= 0.3 is 0 Å². The Kier molecular flexibility index (Phi) is 5.45. The number of aromatic nitrogens is 2. The monoisotopic (exact) mass is 312 g/mol. The van der Waals surface area contributed by atoms with E-state index in [9.17, 15) is 4.79 Å². The number of likely N-dealkylation sites (tertiary alicyclic amines) is 1. The second-order valence-corrected chi connectivity index (χ2v) is 5.77. The first-order valence-corrected chi connectivity index (χ1v) is 7.72. The zero-order valence-corrected chi connectivity index (χ0v) is 12.8. The molecule has 116 valence electrons. The molecule has 1 aliphatic heterocycles. The predicted octanol–water partition coefficient (Wildman–Crippen LogP) is 0.0411. The number of piperidine rings is 1. The van der Waals surface area contributed by atoms with Crippen LogP contribution in [0.1, 0.15) is 35.1 Å². The average molecular weight is 312 g/mol. The Morgan fingerprint density at radius 2 is 2.29 bits per heavy atom. The van der Waals surface area contributed by atoms with Crippen LogP contribution >= 0.6 is 11.5 Å². The van der Waals surface area contributed by atoms with E-state index in [1.54, 1.807) is 0 Å². The van der Waals surface area contributed by atoms with Gasteiger partial charge in [-0.3, -0.25) is 9.69 Å². The van der Waals surface area contributed by atoms with E-state index < -0.39 is 0 Å². The number of carbonyl (C=O) groups excluding carboxylic acids is 1. The van der Waals surface area contributed by atoms with Crippen molar-refractivity contribution in [3.8, 4) is 0 Å². The van der Waals surface area contributed by atoms with Gasteiger partial charge in [-0.1, -0.05) is 16.6 Å². The minimum atomic E-state index is -0.0864. The standard InChI is InChI=1S/C12H20N6O2S/c1-2-9-11(21-17-15-9)12(19)14-8-3-5-18(6-4-8)7-10(13)16-20/h8,20H,2-7H2,1H3,(H2,13,16)(H,14,19). The third-order valence-electron chi connectivity index (χ3n) is 3.53. The van der Waals surface area contributed by atoms with Crippen molar-refractivity contribution in [3.05, 3.63) is 10.6 Å². The van der Waals surface area contributed by atoms with Crippen molar-refractivity contribution in [2.24, 2.45) is 10.9 Å². The summed E-state index contributed by atoms with van der Waals surface area (Å²) in [6.45, 7) is 4.03. The molecule has 1 aliphatic rings. The molecule has 0 aliphatic carbocycles. The molecular weight excluding hydrogens is 292 g/mol. The average Bonchev–Trinajstić information content (AvgIpc) is 2.97. The molecule has 0 bridgehead atoms. The number of hydrogen-bond donors (Lipinski definition) is 3. The molecule has 1 fully saturated rings. The van der Waals surface area contributed by atoms with Gasteiger partial charge in [0.05, 0.1) is 12.2 Å². The van der Waals surface area contributed by atoms with Gasteiger partial charge in [-0.05, 0) is 30.8 Å². The van der Waals surface area contributed by atoms with E-state index in [-0.39, 0.29) is 17.8 Å². The minimum absolute atomic E-state index is 0.0864. The fourth-order valence-corrected chi connectivity index (χ4v) is 3.01. The summed E-state index contributed by atoms with van der Waals surface area (Å²) >= 11 is 1.14. The van der Waals surface area contributed by atoms with E-state index in [0.717, 1.165) is 43.2 Å². The summed E-state index contributed by atoms with van der Waals surface area (Å²) in [5.41, 5.74) is 6.24. The molecule has 0 saturated carbocycles. The third kappa shape index (κ3) is 4.11. The number of rotatable bonds is 5. The first kappa shape index (κ1) is 15.6. The smallest absolute Gasteiger partial charge is 0.265 e. The quantitative estimate of drug-likeness (QED) is 0.306. The third-order valence-corrected chi connectivity index (χ3v) is 4.30. The normalized spacial score (nSPS) is 17.9. The highest BCUT2D eigenvalue weighted by Gasteiger charge is 2.23. The van der Waals surface area contributed by atoms with Gasteiger partial charge in [0.1, 0.15) is 4.88 Å². The van der Waals surface area contributed by atoms with E-state index >= 15 is 0 Å². The van der Waals surface area contributed by atoms with Crippen molar-refractivity contribution in [2.75, 3.05) is 19.6 Å². The van der Waals surface area contributed by atoms with E-state index in [0.29, 0.717) is 17.8 Å². The Labute approximate surface area is 127 Å². The Balaban J connectivity index is 1.82. The zero-order valence-electron chi connectivity index (χ0n) is 11.9. The lowest BCUT2D eigenvalue weighted by molar-refractivity contribution is 0.0917. The second-order valence-electron chi connectivity index (χ2n) is 5.02. The number of nitrogens with zero attached hydrogens (tertiary/aromatic N) is 4. The molecular formula is C12H20N6O2S. The summed E-state index contributed by atoms with van der Waals surface area (Å²) in [5, 5.41) is 18.5. The highest BCUT2D eigenvalue weighted by Crippen LogP contribution is 2.14. The van der Waals surface area contributed by atoms with Gasteiger partial charge in [-0.2, -0.15) is 0 Å². The number of nitrogens with two attached hydrogens (primary N) is 1. The highest BCUT2D eigenvalue weighted by molar-refractivity contribution is 7.08. The summed E-state index contributed by atoms with van der Waals surface area (Å²) in [5.74, 6) is 0.123. The molecule has 4 N–H and O–H groups in total. The zero-order chi connectivity index (χ0) is 15.2. The Morgan fingerprint density at radius 3 is 2.90 bits per heavy atom. The summed E-state index contributed by atoms with van der Waals surface area (Å²) in [7, 11) is 0.